The Bertz CT molecular complexity index is 946. The number of carbonyl (C=O) groups excluding carboxylic acids is 1. The molecule has 1 aliphatic carbocycles. The lowest BCUT2D eigenvalue weighted by molar-refractivity contribution is -0.137. The van der Waals surface area contributed by atoms with Crippen molar-refractivity contribution in [2.24, 2.45) is 0 Å². The van der Waals surface area contributed by atoms with Crippen LogP contribution >= 0.6 is 0 Å². The minimum absolute atomic E-state index is 0.0208. The van der Waals surface area contributed by atoms with E-state index < -0.39 is 15.3 Å². The molecule has 2 aliphatic rings. The van der Waals surface area contributed by atoms with Crippen LogP contribution in [-0.4, -0.2) is 48.8 Å². The van der Waals surface area contributed by atoms with Crippen LogP contribution in [0.2, 0.25) is 0 Å². The number of benzene rings is 1. The second-order valence-corrected chi connectivity index (χ2v) is 10.1. The number of hydrogen-bond acceptors (Lipinski definition) is 4. The average molecular weight is 402 g/mol. The molecule has 0 spiro atoms. The van der Waals surface area contributed by atoms with Crippen LogP contribution < -0.4 is 0 Å². The quantitative estimate of drug-likeness (QED) is 0.854. The van der Waals surface area contributed by atoms with Crippen molar-refractivity contribution in [2.45, 2.75) is 54.8 Å². The number of H-pyrrole nitrogens is 1. The zero-order chi connectivity index (χ0) is 19.8. The van der Waals surface area contributed by atoms with E-state index in [0.29, 0.717) is 18.8 Å². The Morgan fingerprint density at radius 2 is 1.89 bits per heavy atom. The number of nitrogens with one attached hydrogen (secondary N) is 1. The molecule has 2 aromatic rings. The summed E-state index contributed by atoms with van der Waals surface area (Å²) in [4.78, 5) is 15.9. The maximum absolute atomic E-state index is 13.7. The number of aromatic amines is 1. The Labute approximate surface area is 166 Å². The second kappa shape index (κ2) is 7.35. The number of hydrogen-bond donors (Lipinski definition) is 1. The summed E-state index contributed by atoms with van der Waals surface area (Å²) in [5, 5.41) is 6.81. The number of likely N-dealkylation sites (tertiary alicyclic amines) is 1. The zero-order valence-corrected chi connectivity index (χ0v) is 17.0. The van der Waals surface area contributed by atoms with Gasteiger partial charge in [0, 0.05) is 25.3 Å². The number of sulfone groups is 1. The molecule has 1 aromatic carbocycles. The van der Waals surface area contributed by atoms with Crippen molar-refractivity contribution in [3.8, 4) is 0 Å². The van der Waals surface area contributed by atoms with Crippen molar-refractivity contribution < 1.29 is 13.2 Å². The lowest BCUT2D eigenvalue weighted by Gasteiger charge is -2.39. The van der Waals surface area contributed by atoms with Crippen LogP contribution in [-0.2, 0) is 20.0 Å². The number of carbonyl (C=O) groups is 1. The lowest BCUT2D eigenvalue weighted by atomic mass is 9.68. The molecule has 2 heterocycles. The van der Waals surface area contributed by atoms with E-state index in [1.54, 1.807) is 0 Å². The maximum atomic E-state index is 13.7. The molecule has 4 rings (SSSR count). The molecule has 1 aromatic heterocycles. The molecule has 1 saturated carbocycles. The molecule has 0 bridgehead atoms. The van der Waals surface area contributed by atoms with Crippen LogP contribution in [0.15, 0.2) is 41.4 Å². The van der Waals surface area contributed by atoms with Crippen molar-refractivity contribution in [3.63, 3.8) is 0 Å². The number of amides is 1. The van der Waals surface area contributed by atoms with E-state index in [2.05, 4.69) is 22.3 Å². The summed E-state index contributed by atoms with van der Waals surface area (Å²) in [7, 11) is -3.34. The smallest absolute Gasteiger partial charge is 0.233 e. The van der Waals surface area contributed by atoms with Gasteiger partial charge in [0.05, 0.1) is 17.3 Å². The van der Waals surface area contributed by atoms with Gasteiger partial charge in [-0.15, -0.1) is 0 Å². The van der Waals surface area contributed by atoms with E-state index in [-0.39, 0.29) is 16.7 Å². The van der Waals surface area contributed by atoms with Gasteiger partial charge in [0.25, 0.3) is 0 Å². The van der Waals surface area contributed by atoms with Crippen molar-refractivity contribution >= 4 is 15.7 Å². The molecule has 1 saturated heterocycles. The molecule has 150 valence electrons. The first-order valence-electron chi connectivity index (χ1n) is 10.00. The average Bonchev–Trinajstić information content (AvgIpc) is 3.37. The normalized spacial score (nSPS) is 22.3. The largest absolute Gasteiger partial charge is 0.341 e. The minimum Gasteiger partial charge on any atom is -0.341 e. The van der Waals surface area contributed by atoms with Gasteiger partial charge in [-0.3, -0.25) is 9.89 Å². The first kappa shape index (κ1) is 19.2. The highest BCUT2D eigenvalue weighted by atomic mass is 32.2. The van der Waals surface area contributed by atoms with Gasteiger partial charge in [-0.05, 0) is 24.8 Å². The summed E-state index contributed by atoms with van der Waals surface area (Å²) in [6.45, 7) is 1.19. The van der Waals surface area contributed by atoms with Gasteiger partial charge in [0.1, 0.15) is 4.90 Å². The van der Waals surface area contributed by atoms with Crippen molar-refractivity contribution in [1.29, 1.82) is 0 Å². The Balaban J connectivity index is 1.59. The molecule has 0 radical (unpaired) electrons. The van der Waals surface area contributed by atoms with E-state index in [9.17, 15) is 13.2 Å². The highest BCUT2D eigenvalue weighted by Crippen LogP contribution is 2.42. The predicted octanol–water partition coefficient (Wildman–Crippen LogP) is 3.03. The molecule has 1 amide bonds. The predicted molar refractivity (Wildman–Crippen MR) is 107 cm³/mol. The molecular weight excluding hydrogens is 374 g/mol. The van der Waals surface area contributed by atoms with Gasteiger partial charge in [-0.1, -0.05) is 49.6 Å². The topological polar surface area (TPSA) is 83.1 Å². The van der Waals surface area contributed by atoms with E-state index in [0.717, 1.165) is 37.7 Å². The van der Waals surface area contributed by atoms with Gasteiger partial charge in [-0.2, -0.15) is 5.10 Å². The van der Waals surface area contributed by atoms with E-state index in [4.69, 9.17) is 0 Å². The van der Waals surface area contributed by atoms with Gasteiger partial charge < -0.3 is 4.90 Å². The maximum Gasteiger partial charge on any atom is 0.233 e. The standard InChI is InChI=1S/C21H27N3O3S/c1-28(26,27)18-14-22-23-19(18)16-10-13-24(15-16)20(25)21(11-6-3-7-12-21)17-8-4-2-5-9-17/h2,4-5,8-9,14,16H,3,6-7,10-13,15H2,1H3,(H,22,23)/t16-/m0/s1. The molecule has 2 fully saturated rings. The first-order valence-corrected chi connectivity index (χ1v) is 11.9. The van der Waals surface area contributed by atoms with Crippen LogP contribution in [0.4, 0.5) is 0 Å². The van der Waals surface area contributed by atoms with Gasteiger partial charge in [0.15, 0.2) is 9.84 Å². The molecule has 1 aliphatic heterocycles. The Morgan fingerprint density at radius 1 is 1.18 bits per heavy atom. The monoisotopic (exact) mass is 401 g/mol. The summed E-state index contributed by atoms with van der Waals surface area (Å²) in [6.07, 6.45) is 8.41. The van der Waals surface area contributed by atoms with E-state index in [1.807, 2.05) is 23.1 Å². The second-order valence-electron chi connectivity index (χ2n) is 8.17. The van der Waals surface area contributed by atoms with E-state index >= 15 is 0 Å². The van der Waals surface area contributed by atoms with Crippen LogP contribution in [0.3, 0.4) is 0 Å². The highest BCUT2D eigenvalue weighted by molar-refractivity contribution is 7.90. The summed E-state index contributed by atoms with van der Waals surface area (Å²) < 4.78 is 24.1. The van der Waals surface area contributed by atoms with Crippen molar-refractivity contribution in [3.05, 3.63) is 47.8 Å². The summed E-state index contributed by atoms with van der Waals surface area (Å²) >= 11 is 0. The zero-order valence-electron chi connectivity index (χ0n) is 16.2. The summed E-state index contributed by atoms with van der Waals surface area (Å²) in [6, 6.07) is 10.2. The summed E-state index contributed by atoms with van der Waals surface area (Å²) in [5.41, 5.74) is 1.30. The van der Waals surface area contributed by atoms with Gasteiger partial charge in [-0.25, -0.2) is 8.42 Å². The molecule has 6 nitrogen and oxygen atoms in total. The molecule has 28 heavy (non-hydrogen) atoms. The van der Waals surface area contributed by atoms with Gasteiger partial charge in [0.2, 0.25) is 5.91 Å². The SMILES string of the molecule is CS(=O)(=O)c1cn[nH]c1[C@H]1CCN(C(=O)C2(c3ccccc3)CCCCC2)C1. The fourth-order valence-electron chi connectivity index (χ4n) is 4.89. The van der Waals surface area contributed by atoms with Crippen molar-refractivity contribution in [2.75, 3.05) is 19.3 Å². The Hall–Kier alpha value is -2.15. The first-order chi connectivity index (χ1) is 13.4. The fraction of sp³-hybridized carbons (Fsp3) is 0.524. The van der Waals surface area contributed by atoms with Crippen molar-refractivity contribution in [1.82, 2.24) is 15.1 Å². The molecule has 0 unspecified atom stereocenters. The fourth-order valence-corrected chi connectivity index (χ4v) is 5.75. The third kappa shape index (κ3) is 3.36. The molecule has 1 atom stereocenters. The molecule has 1 N–H and O–H groups in total. The van der Waals surface area contributed by atoms with Crippen LogP contribution in [0.1, 0.15) is 55.7 Å². The highest BCUT2D eigenvalue weighted by Gasteiger charge is 2.45. The number of nitrogens with zero attached hydrogens (tertiary/aromatic N) is 2. The van der Waals surface area contributed by atoms with Gasteiger partial charge >= 0.3 is 0 Å². The lowest BCUT2D eigenvalue weighted by Crippen LogP contribution is -2.47. The van der Waals surface area contributed by atoms with E-state index in [1.165, 1.54) is 18.9 Å². The Kier molecular flexibility index (Phi) is 5.04. The van der Waals surface area contributed by atoms with Crippen LogP contribution in [0.25, 0.3) is 0 Å². The summed E-state index contributed by atoms with van der Waals surface area (Å²) in [5.74, 6) is 0.175. The third-order valence-electron chi connectivity index (χ3n) is 6.36. The van der Waals surface area contributed by atoms with Crippen LogP contribution in [0, 0.1) is 0 Å². The number of rotatable bonds is 4. The third-order valence-corrected chi connectivity index (χ3v) is 7.48. The van der Waals surface area contributed by atoms with Crippen LogP contribution in [0.5, 0.6) is 0 Å². The molecular formula is C21H27N3O3S. The minimum atomic E-state index is -3.34. The number of aromatic nitrogens is 2. The molecule has 7 heteroatoms. The Morgan fingerprint density at radius 3 is 2.57 bits per heavy atom.